The molecule has 3 rings (SSSR count). The maximum atomic E-state index is 10.5. The van der Waals surface area contributed by atoms with E-state index in [1.807, 2.05) is 53.4 Å². The predicted octanol–water partition coefficient (Wildman–Crippen LogP) is 3.18. The molecule has 1 aromatic carbocycles. The van der Waals surface area contributed by atoms with Crippen molar-refractivity contribution in [3.63, 3.8) is 0 Å². The van der Waals surface area contributed by atoms with Crippen molar-refractivity contribution in [1.29, 1.82) is 0 Å². The van der Waals surface area contributed by atoms with Crippen molar-refractivity contribution < 1.29 is 9.84 Å². The summed E-state index contributed by atoms with van der Waals surface area (Å²) >= 11 is 1.58. The molecule has 23 heavy (non-hydrogen) atoms. The van der Waals surface area contributed by atoms with Gasteiger partial charge in [0.15, 0.2) is 0 Å². The van der Waals surface area contributed by atoms with Crippen molar-refractivity contribution in [1.82, 2.24) is 14.5 Å². The van der Waals surface area contributed by atoms with Gasteiger partial charge in [-0.3, -0.25) is 0 Å². The molecular formula is C17H19N3O2S. The van der Waals surface area contributed by atoms with Gasteiger partial charge in [-0.1, -0.05) is 30.3 Å². The fourth-order valence-corrected chi connectivity index (χ4v) is 3.19. The third-order valence-corrected chi connectivity index (χ3v) is 4.77. The second-order valence-corrected chi connectivity index (χ2v) is 6.17. The number of aliphatic hydroxyl groups excluding tert-OH is 1. The molecule has 0 aliphatic rings. The number of imidazole rings is 1. The van der Waals surface area contributed by atoms with Gasteiger partial charge < -0.3 is 14.4 Å². The van der Waals surface area contributed by atoms with Crippen LogP contribution in [0.5, 0.6) is 0 Å². The van der Waals surface area contributed by atoms with Crippen molar-refractivity contribution in [3.8, 4) is 0 Å². The molecule has 0 saturated heterocycles. The minimum atomic E-state index is -0.748. The fourth-order valence-electron chi connectivity index (χ4n) is 2.34. The lowest BCUT2D eigenvalue weighted by Gasteiger charge is -2.13. The van der Waals surface area contributed by atoms with Crippen LogP contribution in [0.15, 0.2) is 48.1 Å². The van der Waals surface area contributed by atoms with Crippen LogP contribution in [0.2, 0.25) is 0 Å². The van der Waals surface area contributed by atoms with Crippen LogP contribution in [0.25, 0.3) is 0 Å². The summed E-state index contributed by atoms with van der Waals surface area (Å²) in [6.07, 6.45) is 2.81. The van der Waals surface area contributed by atoms with Gasteiger partial charge in [-0.2, -0.15) is 0 Å². The van der Waals surface area contributed by atoms with Crippen LogP contribution in [0.3, 0.4) is 0 Å². The second-order valence-electron chi connectivity index (χ2n) is 5.28. The van der Waals surface area contributed by atoms with Gasteiger partial charge in [0.25, 0.3) is 0 Å². The van der Waals surface area contributed by atoms with E-state index in [9.17, 15) is 5.11 Å². The van der Waals surface area contributed by atoms with Crippen LogP contribution in [0, 0.1) is 0 Å². The Hall–Kier alpha value is -2.02. The van der Waals surface area contributed by atoms with Gasteiger partial charge in [-0.05, 0) is 12.5 Å². The van der Waals surface area contributed by atoms with E-state index in [4.69, 9.17) is 4.74 Å². The quantitative estimate of drug-likeness (QED) is 0.754. The molecule has 2 aromatic heterocycles. The molecule has 0 unspecified atom stereocenters. The number of rotatable bonds is 6. The number of thiazole rings is 1. The molecule has 0 amide bonds. The average Bonchev–Trinajstić information content (AvgIpc) is 3.24. The summed E-state index contributed by atoms with van der Waals surface area (Å²) in [5.41, 5.74) is 1.76. The second kappa shape index (κ2) is 7.04. The molecule has 0 fully saturated rings. The predicted molar refractivity (Wildman–Crippen MR) is 89.4 cm³/mol. The minimum Gasteiger partial charge on any atom is -0.380 e. The Morgan fingerprint density at radius 3 is 2.83 bits per heavy atom. The van der Waals surface area contributed by atoms with Gasteiger partial charge in [-0.25, -0.2) is 9.97 Å². The Balaban J connectivity index is 1.80. The normalized spacial score (nSPS) is 13.9. The largest absolute Gasteiger partial charge is 0.380 e. The molecule has 120 valence electrons. The Labute approximate surface area is 139 Å². The molecule has 0 radical (unpaired) electrons. The Kier molecular flexibility index (Phi) is 4.85. The first-order valence-electron chi connectivity index (χ1n) is 7.40. The zero-order chi connectivity index (χ0) is 16.2. The van der Waals surface area contributed by atoms with E-state index in [1.165, 1.54) is 0 Å². The number of hydrogen-bond acceptors (Lipinski definition) is 5. The van der Waals surface area contributed by atoms with Crippen LogP contribution >= 0.6 is 11.3 Å². The van der Waals surface area contributed by atoms with E-state index >= 15 is 0 Å². The van der Waals surface area contributed by atoms with Crippen molar-refractivity contribution in [3.05, 3.63) is 70.2 Å². The summed E-state index contributed by atoms with van der Waals surface area (Å²) in [6, 6.07) is 9.53. The highest BCUT2D eigenvalue weighted by Crippen LogP contribution is 2.23. The number of nitrogens with zero attached hydrogens (tertiary/aromatic N) is 3. The van der Waals surface area contributed by atoms with E-state index in [2.05, 4.69) is 9.97 Å². The topological polar surface area (TPSA) is 60.2 Å². The van der Waals surface area contributed by atoms with Crippen molar-refractivity contribution in [2.45, 2.75) is 25.7 Å². The highest BCUT2D eigenvalue weighted by atomic mass is 32.1. The summed E-state index contributed by atoms with van der Waals surface area (Å²) in [6.45, 7) is 2.55. The van der Waals surface area contributed by atoms with Crippen LogP contribution in [0.4, 0.5) is 0 Å². The number of benzene rings is 1. The van der Waals surface area contributed by atoms with Crippen molar-refractivity contribution >= 4 is 11.3 Å². The molecule has 0 spiro atoms. The number of methoxy groups -OCH3 is 1. The highest BCUT2D eigenvalue weighted by Gasteiger charge is 2.17. The molecule has 5 nitrogen and oxygen atoms in total. The van der Waals surface area contributed by atoms with Gasteiger partial charge in [0.2, 0.25) is 0 Å². The monoisotopic (exact) mass is 329 g/mol. The first-order chi connectivity index (χ1) is 11.2. The van der Waals surface area contributed by atoms with Gasteiger partial charge >= 0.3 is 0 Å². The van der Waals surface area contributed by atoms with Gasteiger partial charge in [0.1, 0.15) is 23.0 Å². The van der Waals surface area contributed by atoms with Gasteiger partial charge in [0, 0.05) is 24.9 Å². The number of ether oxygens (including phenoxy) is 1. The smallest absolute Gasteiger partial charge is 0.142 e. The van der Waals surface area contributed by atoms with E-state index in [0.717, 1.165) is 16.3 Å². The van der Waals surface area contributed by atoms with Crippen molar-refractivity contribution in [2.75, 3.05) is 7.11 Å². The number of aromatic nitrogens is 3. The lowest BCUT2D eigenvalue weighted by Crippen LogP contribution is -2.11. The zero-order valence-corrected chi connectivity index (χ0v) is 13.9. The zero-order valence-electron chi connectivity index (χ0n) is 13.1. The standard InChI is InChI=1S/C17H19N3O2S/c1-12(22-2)17-19-14(11-23-17)10-20-9-8-18-16(20)15(21)13-6-4-3-5-7-13/h3-9,11-12,15,21H,10H2,1-2H3/t12-,15-/m1/s1. The number of aliphatic hydroxyl groups is 1. The molecule has 0 saturated carbocycles. The van der Waals surface area contributed by atoms with Crippen LogP contribution in [0.1, 0.15) is 41.2 Å². The SMILES string of the molecule is CO[C@H](C)c1nc(Cn2ccnc2[C@H](O)c2ccccc2)cs1. The average molecular weight is 329 g/mol. The molecular weight excluding hydrogens is 310 g/mol. The summed E-state index contributed by atoms with van der Waals surface area (Å²) in [7, 11) is 1.68. The first-order valence-corrected chi connectivity index (χ1v) is 8.28. The highest BCUT2D eigenvalue weighted by molar-refractivity contribution is 7.09. The molecule has 0 bridgehead atoms. The van der Waals surface area contributed by atoms with Crippen molar-refractivity contribution in [2.24, 2.45) is 0 Å². The minimum absolute atomic E-state index is 0.00841. The molecule has 6 heteroatoms. The summed E-state index contributed by atoms with van der Waals surface area (Å²) < 4.78 is 7.22. The fraction of sp³-hybridized carbons (Fsp3) is 0.294. The Morgan fingerprint density at radius 1 is 1.30 bits per heavy atom. The van der Waals surface area contributed by atoms with Crippen LogP contribution < -0.4 is 0 Å². The van der Waals surface area contributed by atoms with Crippen LogP contribution in [-0.4, -0.2) is 26.8 Å². The van der Waals surface area contributed by atoms with Crippen LogP contribution in [-0.2, 0) is 11.3 Å². The lowest BCUT2D eigenvalue weighted by atomic mass is 10.1. The summed E-state index contributed by atoms with van der Waals surface area (Å²) in [5, 5.41) is 13.5. The van der Waals surface area contributed by atoms with Gasteiger partial charge in [-0.15, -0.1) is 11.3 Å². The van der Waals surface area contributed by atoms with E-state index < -0.39 is 6.10 Å². The van der Waals surface area contributed by atoms with E-state index in [0.29, 0.717) is 12.4 Å². The molecule has 0 aliphatic carbocycles. The van der Waals surface area contributed by atoms with E-state index in [-0.39, 0.29) is 6.10 Å². The molecule has 2 atom stereocenters. The lowest BCUT2D eigenvalue weighted by molar-refractivity contribution is 0.119. The summed E-state index contributed by atoms with van der Waals surface area (Å²) in [4.78, 5) is 8.90. The Morgan fingerprint density at radius 2 is 2.09 bits per heavy atom. The van der Waals surface area contributed by atoms with Gasteiger partial charge in [0.05, 0.1) is 12.2 Å². The Bertz CT molecular complexity index is 754. The summed E-state index contributed by atoms with van der Waals surface area (Å²) in [5.74, 6) is 0.616. The first kappa shape index (κ1) is 15.9. The number of hydrogen-bond donors (Lipinski definition) is 1. The van der Waals surface area contributed by atoms with E-state index in [1.54, 1.807) is 24.6 Å². The maximum Gasteiger partial charge on any atom is 0.142 e. The third kappa shape index (κ3) is 3.50. The molecule has 3 aromatic rings. The molecule has 2 heterocycles. The molecule has 0 aliphatic heterocycles. The molecule has 1 N–H and O–H groups in total. The third-order valence-electron chi connectivity index (χ3n) is 3.71. The maximum absolute atomic E-state index is 10.5.